The Morgan fingerprint density at radius 2 is 2.29 bits per heavy atom. The van der Waals surface area contributed by atoms with Crippen molar-refractivity contribution >= 4 is 31.5 Å². The van der Waals surface area contributed by atoms with Gasteiger partial charge in [0.25, 0.3) is 0 Å². The average Bonchev–Trinajstić information content (AvgIpc) is 2.42. The second kappa shape index (κ2) is 3.29. The van der Waals surface area contributed by atoms with Gasteiger partial charge in [-0.3, -0.25) is 0 Å². The molecule has 73 valence electrons. The molecule has 2 aromatic rings. The predicted molar refractivity (Wildman–Crippen MR) is 55.4 cm³/mol. The van der Waals surface area contributed by atoms with E-state index < -0.39 is 9.84 Å². The Morgan fingerprint density at radius 1 is 1.50 bits per heavy atom. The molecule has 0 N–H and O–H groups in total. The van der Waals surface area contributed by atoms with Crippen molar-refractivity contribution in [3.8, 4) is 0 Å². The molecule has 1 radical (unpaired) electrons. The van der Waals surface area contributed by atoms with Crippen molar-refractivity contribution in [2.24, 2.45) is 0 Å². The summed E-state index contributed by atoms with van der Waals surface area (Å²) >= 11 is 1.33. The zero-order valence-electron chi connectivity index (χ0n) is 7.17. The van der Waals surface area contributed by atoms with Crippen LogP contribution in [0.25, 0.3) is 10.3 Å². The molecule has 0 aromatic carbocycles. The molecule has 0 saturated heterocycles. The van der Waals surface area contributed by atoms with Gasteiger partial charge in [0.05, 0.1) is 11.0 Å². The predicted octanol–water partition coefficient (Wildman–Crippen LogP) is 1.40. The number of nitrogens with zero attached hydrogens (tertiary/aromatic N) is 2. The van der Waals surface area contributed by atoms with Crippen molar-refractivity contribution < 1.29 is 8.42 Å². The van der Waals surface area contributed by atoms with Crippen LogP contribution in [-0.2, 0) is 15.6 Å². The summed E-state index contributed by atoms with van der Waals surface area (Å²) in [6.45, 7) is 0. The van der Waals surface area contributed by atoms with E-state index in [1.54, 1.807) is 12.3 Å². The molecule has 0 fully saturated rings. The van der Waals surface area contributed by atoms with E-state index in [0.717, 1.165) is 4.70 Å². The zero-order chi connectivity index (χ0) is 10.2. The van der Waals surface area contributed by atoms with Crippen LogP contribution >= 0.6 is 11.3 Å². The third kappa shape index (κ3) is 2.08. The lowest BCUT2D eigenvalue weighted by Gasteiger charge is -1.89. The summed E-state index contributed by atoms with van der Waals surface area (Å²) in [5.74, 6) is -0.117. The van der Waals surface area contributed by atoms with Crippen LogP contribution in [0.1, 0.15) is 5.01 Å². The molecule has 0 amide bonds. The molecule has 0 spiro atoms. The summed E-state index contributed by atoms with van der Waals surface area (Å²) in [5, 5.41) is 0.536. The molecule has 0 bridgehead atoms. The number of aromatic nitrogens is 2. The maximum absolute atomic E-state index is 10.9. The van der Waals surface area contributed by atoms with E-state index in [-0.39, 0.29) is 5.75 Å². The highest BCUT2D eigenvalue weighted by Crippen LogP contribution is 2.21. The van der Waals surface area contributed by atoms with Crippen molar-refractivity contribution in [2.45, 2.75) is 5.75 Å². The van der Waals surface area contributed by atoms with Crippen LogP contribution in [0, 0.1) is 6.26 Å². The van der Waals surface area contributed by atoms with Crippen molar-refractivity contribution in [1.29, 1.82) is 0 Å². The molecule has 0 aliphatic rings. The van der Waals surface area contributed by atoms with Gasteiger partial charge < -0.3 is 0 Å². The van der Waals surface area contributed by atoms with Gasteiger partial charge >= 0.3 is 0 Å². The fraction of sp³-hybridized carbons (Fsp3) is 0.125. The van der Waals surface area contributed by atoms with Crippen LogP contribution in [0.2, 0.25) is 0 Å². The Kier molecular flexibility index (Phi) is 2.24. The average molecular weight is 227 g/mol. The minimum atomic E-state index is -3.25. The van der Waals surface area contributed by atoms with Crippen LogP contribution < -0.4 is 0 Å². The first kappa shape index (κ1) is 9.54. The normalized spacial score (nSPS) is 12.1. The Balaban J connectivity index is 2.46. The monoisotopic (exact) mass is 227 g/mol. The van der Waals surface area contributed by atoms with E-state index >= 15 is 0 Å². The smallest absolute Gasteiger partial charge is 0.170 e. The standard InChI is InChI=1S/C8H7N2O2S2/c1-14(11,12)5-7-10-8-6(13-7)3-2-4-9-8/h2-4H,1,5H2. The third-order valence-corrected chi connectivity index (χ3v) is 3.46. The van der Waals surface area contributed by atoms with Crippen molar-refractivity contribution in [1.82, 2.24) is 9.97 Å². The first-order chi connectivity index (χ1) is 6.54. The summed E-state index contributed by atoms with van der Waals surface area (Å²) in [6.07, 6.45) is 4.68. The van der Waals surface area contributed by atoms with Crippen LogP contribution in [0.15, 0.2) is 18.3 Å². The second-order valence-corrected chi connectivity index (χ2v) is 5.71. The molecule has 6 heteroatoms. The lowest BCUT2D eigenvalue weighted by molar-refractivity contribution is 0.603. The number of sulfone groups is 1. The van der Waals surface area contributed by atoms with Gasteiger partial charge in [-0.2, -0.15) is 0 Å². The fourth-order valence-corrected chi connectivity index (χ4v) is 3.00. The molecule has 0 aliphatic carbocycles. The van der Waals surface area contributed by atoms with Gasteiger partial charge in [0.2, 0.25) is 0 Å². The number of thiazole rings is 1. The second-order valence-electron chi connectivity index (χ2n) is 2.82. The van der Waals surface area contributed by atoms with Crippen molar-refractivity contribution in [3.63, 3.8) is 0 Å². The number of rotatable bonds is 2. The highest BCUT2D eigenvalue weighted by Gasteiger charge is 2.10. The van der Waals surface area contributed by atoms with Gasteiger partial charge in [-0.1, -0.05) is 0 Å². The van der Waals surface area contributed by atoms with E-state index in [9.17, 15) is 8.42 Å². The van der Waals surface area contributed by atoms with Gasteiger partial charge in [-0.05, 0) is 12.1 Å². The SMILES string of the molecule is [CH2]S(=O)(=O)Cc1nc2ncccc2s1. The third-order valence-electron chi connectivity index (χ3n) is 1.55. The highest BCUT2D eigenvalue weighted by atomic mass is 32.2. The van der Waals surface area contributed by atoms with E-state index in [0.29, 0.717) is 10.7 Å². The van der Waals surface area contributed by atoms with Crippen molar-refractivity contribution in [3.05, 3.63) is 29.6 Å². The fourth-order valence-electron chi connectivity index (χ4n) is 1.06. The summed E-state index contributed by atoms with van der Waals surface area (Å²) in [4.78, 5) is 8.10. The number of pyridine rings is 1. The van der Waals surface area contributed by atoms with Crippen LogP contribution in [-0.4, -0.2) is 18.4 Å². The zero-order valence-corrected chi connectivity index (χ0v) is 8.81. The topological polar surface area (TPSA) is 59.9 Å². The van der Waals surface area contributed by atoms with Gasteiger partial charge in [-0.25, -0.2) is 18.4 Å². The maximum Gasteiger partial charge on any atom is 0.170 e. The number of fused-ring (bicyclic) bond motifs is 1. The number of hydrogen-bond donors (Lipinski definition) is 0. The lowest BCUT2D eigenvalue weighted by Crippen LogP contribution is -1.97. The Morgan fingerprint density at radius 3 is 2.93 bits per heavy atom. The maximum atomic E-state index is 10.9. The molecule has 0 atom stereocenters. The largest absolute Gasteiger partial charge is 0.236 e. The van der Waals surface area contributed by atoms with Crippen LogP contribution in [0.3, 0.4) is 0 Å². The highest BCUT2D eigenvalue weighted by molar-refractivity contribution is 7.91. The quantitative estimate of drug-likeness (QED) is 0.778. The summed E-state index contributed by atoms with van der Waals surface area (Å²) < 4.78 is 22.7. The van der Waals surface area contributed by atoms with Gasteiger partial charge in [0.1, 0.15) is 10.8 Å². The molecular weight excluding hydrogens is 220 g/mol. The molecule has 2 aromatic heterocycles. The summed E-state index contributed by atoms with van der Waals surface area (Å²) in [7, 11) is -3.25. The van der Waals surface area contributed by atoms with Crippen molar-refractivity contribution in [2.75, 3.05) is 0 Å². The Labute approximate surface area is 85.5 Å². The summed E-state index contributed by atoms with van der Waals surface area (Å²) in [6, 6.07) is 3.65. The Bertz CT molecular complexity index is 526. The van der Waals surface area contributed by atoms with Crippen LogP contribution in [0.5, 0.6) is 0 Å². The molecular formula is C8H7N2O2S2. The van der Waals surface area contributed by atoms with E-state index in [1.165, 1.54) is 11.3 Å². The first-order valence-corrected chi connectivity index (χ1v) is 6.44. The van der Waals surface area contributed by atoms with Gasteiger partial charge in [0.15, 0.2) is 15.5 Å². The van der Waals surface area contributed by atoms with E-state index in [4.69, 9.17) is 0 Å². The van der Waals surface area contributed by atoms with E-state index in [2.05, 4.69) is 16.2 Å². The minimum absolute atomic E-state index is 0.117. The number of hydrogen-bond acceptors (Lipinski definition) is 5. The minimum Gasteiger partial charge on any atom is -0.236 e. The van der Waals surface area contributed by atoms with Gasteiger partial charge in [0, 0.05) is 6.20 Å². The Hall–Kier alpha value is -1.01. The summed E-state index contributed by atoms with van der Waals surface area (Å²) in [5.41, 5.74) is 0.594. The molecule has 0 saturated carbocycles. The molecule has 0 aliphatic heterocycles. The molecule has 2 heterocycles. The van der Waals surface area contributed by atoms with Gasteiger partial charge in [-0.15, -0.1) is 11.3 Å². The molecule has 4 nitrogen and oxygen atoms in total. The molecule has 0 unspecified atom stereocenters. The van der Waals surface area contributed by atoms with Crippen LogP contribution in [0.4, 0.5) is 0 Å². The van der Waals surface area contributed by atoms with E-state index in [1.807, 2.05) is 6.07 Å². The first-order valence-electron chi connectivity index (χ1n) is 3.81. The molecule has 2 rings (SSSR count). The lowest BCUT2D eigenvalue weighted by atomic mass is 10.5. The molecule has 14 heavy (non-hydrogen) atoms.